The van der Waals surface area contributed by atoms with Crippen LogP contribution in [0.3, 0.4) is 0 Å². The number of hydrogen-bond acceptors (Lipinski definition) is 4. The Kier molecular flexibility index (Phi) is 6.29. The molecule has 0 bridgehead atoms. The maximum Gasteiger partial charge on any atom is 0.276 e. The molecule has 6 nitrogen and oxygen atoms in total. The highest BCUT2D eigenvalue weighted by molar-refractivity contribution is 5.92. The molecule has 1 aromatic rings. The number of nitrogens with one attached hydrogen (secondary N) is 1. The summed E-state index contributed by atoms with van der Waals surface area (Å²) in [7, 11) is 0. The molecule has 0 aliphatic heterocycles. The Bertz CT molecular complexity index is 586. The van der Waals surface area contributed by atoms with Gasteiger partial charge < -0.3 is 10.4 Å². The van der Waals surface area contributed by atoms with E-state index in [0.717, 1.165) is 32.1 Å². The highest BCUT2D eigenvalue weighted by atomic mass is 16.6. The smallest absolute Gasteiger partial charge is 0.276 e. The molecule has 0 heterocycles. The van der Waals surface area contributed by atoms with Gasteiger partial charge in [0.25, 0.3) is 5.69 Å². The van der Waals surface area contributed by atoms with E-state index in [4.69, 9.17) is 0 Å². The maximum atomic E-state index is 12.1. The van der Waals surface area contributed by atoms with Crippen molar-refractivity contribution in [2.45, 2.75) is 38.1 Å². The number of aliphatic hydroxyl groups is 1. The minimum Gasteiger partial charge on any atom is -0.396 e. The summed E-state index contributed by atoms with van der Waals surface area (Å²) in [5.74, 6) is -0.200. The van der Waals surface area contributed by atoms with Crippen molar-refractivity contribution < 1.29 is 14.8 Å². The van der Waals surface area contributed by atoms with Crippen LogP contribution < -0.4 is 5.32 Å². The molecule has 0 saturated heterocycles. The highest BCUT2D eigenvalue weighted by Crippen LogP contribution is 2.23. The van der Waals surface area contributed by atoms with Crippen LogP contribution in [-0.2, 0) is 4.79 Å². The van der Waals surface area contributed by atoms with Gasteiger partial charge in [0.15, 0.2) is 0 Å². The lowest BCUT2D eigenvalue weighted by molar-refractivity contribution is -0.385. The number of aliphatic hydroxyl groups excluding tert-OH is 1. The van der Waals surface area contributed by atoms with E-state index in [1.54, 1.807) is 18.2 Å². The van der Waals surface area contributed by atoms with E-state index < -0.39 is 4.92 Å². The van der Waals surface area contributed by atoms with Gasteiger partial charge in [0.2, 0.25) is 5.91 Å². The van der Waals surface area contributed by atoms with Gasteiger partial charge in [0.1, 0.15) is 0 Å². The van der Waals surface area contributed by atoms with Gasteiger partial charge in [0.05, 0.1) is 10.5 Å². The van der Waals surface area contributed by atoms with E-state index in [-0.39, 0.29) is 30.2 Å². The zero-order valence-corrected chi connectivity index (χ0v) is 13.0. The average Bonchev–Trinajstić information content (AvgIpc) is 2.78. The molecule has 2 atom stereocenters. The Labute approximate surface area is 135 Å². The maximum absolute atomic E-state index is 12.1. The number of amides is 1. The first kappa shape index (κ1) is 17.1. The Morgan fingerprint density at radius 1 is 1.30 bits per heavy atom. The second-order valence-corrected chi connectivity index (χ2v) is 5.85. The molecule has 124 valence electrons. The molecule has 1 amide bonds. The number of para-hydroxylation sites is 1. The molecule has 2 rings (SSSR count). The lowest BCUT2D eigenvalue weighted by Crippen LogP contribution is -2.40. The summed E-state index contributed by atoms with van der Waals surface area (Å²) in [5, 5.41) is 23.3. The fourth-order valence-electron chi connectivity index (χ4n) is 2.98. The third-order valence-corrected chi connectivity index (χ3v) is 4.27. The van der Waals surface area contributed by atoms with E-state index in [0.29, 0.717) is 5.56 Å². The standard InChI is InChI=1S/C17H22N2O4/c20-12-14-7-2-1-3-8-15(14)18-17(21)11-10-13-6-4-5-9-16(13)19(22)23/h4-6,9-11,14-15,20H,1-3,7-8,12H2,(H,18,21)/b11-10+. The van der Waals surface area contributed by atoms with Crippen LogP contribution in [0.15, 0.2) is 30.3 Å². The molecule has 1 saturated carbocycles. The molecule has 6 heteroatoms. The predicted octanol–water partition coefficient (Wildman–Crippen LogP) is 2.67. The van der Waals surface area contributed by atoms with Crippen LogP contribution in [0.25, 0.3) is 6.08 Å². The summed E-state index contributed by atoms with van der Waals surface area (Å²) in [6.07, 6.45) is 7.78. The van der Waals surface area contributed by atoms with Crippen LogP contribution in [0, 0.1) is 16.0 Å². The van der Waals surface area contributed by atoms with Crippen molar-refractivity contribution in [3.63, 3.8) is 0 Å². The first-order chi connectivity index (χ1) is 11.1. The van der Waals surface area contributed by atoms with E-state index in [1.807, 2.05) is 0 Å². The quantitative estimate of drug-likeness (QED) is 0.378. The molecule has 2 N–H and O–H groups in total. The molecule has 1 aromatic carbocycles. The fourth-order valence-corrected chi connectivity index (χ4v) is 2.98. The van der Waals surface area contributed by atoms with Crippen LogP contribution >= 0.6 is 0 Å². The number of benzene rings is 1. The molecular weight excluding hydrogens is 296 g/mol. The largest absolute Gasteiger partial charge is 0.396 e. The SMILES string of the molecule is O=C(/C=C/c1ccccc1[N+](=O)[O-])NC1CCCCCC1CO. The molecule has 1 aliphatic carbocycles. The molecule has 2 unspecified atom stereocenters. The van der Waals surface area contributed by atoms with E-state index >= 15 is 0 Å². The third kappa shape index (κ3) is 4.89. The summed E-state index contributed by atoms with van der Waals surface area (Å²) in [4.78, 5) is 22.6. The normalized spacial score (nSPS) is 21.8. The van der Waals surface area contributed by atoms with Crippen molar-refractivity contribution in [1.82, 2.24) is 5.32 Å². The predicted molar refractivity (Wildman–Crippen MR) is 87.7 cm³/mol. The number of carbonyl (C=O) groups excluding carboxylic acids is 1. The van der Waals surface area contributed by atoms with Crippen molar-refractivity contribution in [1.29, 1.82) is 0 Å². The number of nitrogens with zero attached hydrogens (tertiary/aromatic N) is 1. The Balaban J connectivity index is 2.02. The minimum absolute atomic E-state index is 0.0285. The van der Waals surface area contributed by atoms with Crippen molar-refractivity contribution >= 4 is 17.7 Å². The lowest BCUT2D eigenvalue weighted by Gasteiger charge is -2.23. The van der Waals surface area contributed by atoms with E-state index in [2.05, 4.69) is 5.32 Å². The van der Waals surface area contributed by atoms with E-state index in [1.165, 1.54) is 18.2 Å². The number of nitro groups is 1. The monoisotopic (exact) mass is 318 g/mol. The van der Waals surface area contributed by atoms with Gasteiger partial charge in [-0.2, -0.15) is 0 Å². The second-order valence-electron chi connectivity index (χ2n) is 5.85. The van der Waals surface area contributed by atoms with E-state index in [9.17, 15) is 20.0 Å². The number of carbonyl (C=O) groups is 1. The first-order valence-electron chi connectivity index (χ1n) is 7.94. The van der Waals surface area contributed by atoms with Crippen LogP contribution in [0.2, 0.25) is 0 Å². The summed E-state index contributed by atoms with van der Waals surface area (Å²) >= 11 is 0. The molecule has 23 heavy (non-hydrogen) atoms. The van der Waals surface area contributed by atoms with Crippen molar-refractivity contribution in [2.75, 3.05) is 6.61 Å². The van der Waals surface area contributed by atoms with Gasteiger partial charge in [-0.15, -0.1) is 0 Å². The van der Waals surface area contributed by atoms with Crippen molar-refractivity contribution in [2.24, 2.45) is 5.92 Å². The van der Waals surface area contributed by atoms with Gasteiger partial charge in [-0.1, -0.05) is 31.4 Å². The van der Waals surface area contributed by atoms with Crippen LogP contribution in [0.1, 0.15) is 37.7 Å². The number of nitro benzene ring substituents is 1. The summed E-state index contributed by atoms with van der Waals surface area (Å²) in [6, 6.07) is 6.25. The topological polar surface area (TPSA) is 92.5 Å². The van der Waals surface area contributed by atoms with Crippen molar-refractivity contribution in [3.05, 3.63) is 46.0 Å². The van der Waals surface area contributed by atoms with Gasteiger partial charge in [-0.25, -0.2) is 0 Å². The van der Waals surface area contributed by atoms with Gasteiger partial charge >= 0.3 is 0 Å². The van der Waals surface area contributed by atoms with Crippen molar-refractivity contribution in [3.8, 4) is 0 Å². The van der Waals surface area contributed by atoms with Gasteiger partial charge in [0, 0.05) is 30.7 Å². The van der Waals surface area contributed by atoms with Crippen LogP contribution in [0.5, 0.6) is 0 Å². The third-order valence-electron chi connectivity index (χ3n) is 4.27. The molecule has 0 aromatic heterocycles. The summed E-state index contributed by atoms with van der Waals surface area (Å²) < 4.78 is 0. The molecule has 0 radical (unpaired) electrons. The molecular formula is C17H22N2O4. The minimum atomic E-state index is -0.468. The highest BCUT2D eigenvalue weighted by Gasteiger charge is 2.23. The van der Waals surface area contributed by atoms with Crippen LogP contribution in [0.4, 0.5) is 5.69 Å². The lowest BCUT2D eigenvalue weighted by atomic mass is 9.95. The molecule has 0 spiro atoms. The summed E-state index contributed by atoms with van der Waals surface area (Å²) in [5.41, 5.74) is 0.367. The van der Waals surface area contributed by atoms with Gasteiger partial charge in [-0.3, -0.25) is 14.9 Å². The second kappa shape index (κ2) is 8.43. The Morgan fingerprint density at radius 3 is 2.78 bits per heavy atom. The zero-order valence-electron chi connectivity index (χ0n) is 13.0. The number of rotatable bonds is 5. The fraction of sp³-hybridized carbons (Fsp3) is 0.471. The summed E-state index contributed by atoms with van der Waals surface area (Å²) in [6.45, 7) is 0.0683. The Morgan fingerprint density at radius 2 is 2.04 bits per heavy atom. The molecule has 1 fully saturated rings. The molecule has 1 aliphatic rings. The Hall–Kier alpha value is -2.21. The number of hydrogen-bond donors (Lipinski definition) is 2. The van der Waals surface area contributed by atoms with Gasteiger partial charge in [-0.05, 0) is 25.0 Å². The average molecular weight is 318 g/mol. The first-order valence-corrected chi connectivity index (χ1v) is 7.94. The zero-order chi connectivity index (χ0) is 16.7. The van der Waals surface area contributed by atoms with Crippen LogP contribution in [-0.4, -0.2) is 28.6 Å².